The third-order valence-corrected chi connectivity index (χ3v) is 3.15. The molecule has 0 spiro atoms. The maximum absolute atomic E-state index is 12.0. The van der Waals surface area contributed by atoms with Crippen LogP contribution in [0.2, 0.25) is 10.3 Å². The average molecular weight is 303 g/mol. The fraction of sp³-hybridized carbons (Fsp3) is 0.364. The van der Waals surface area contributed by atoms with Gasteiger partial charge in [0.05, 0.1) is 0 Å². The van der Waals surface area contributed by atoms with Gasteiger partial charge in [0.25, 0.3) is 0 Å². The van der Waals surface area contributed by atoms with Crippen molar-refractivity contribution in [3.63, 3.8) is 0 Å². The van der Waals surface area contributed by atoms with E-state index in [1.165, 1.54) is 12.1 Å². The molecule has 6 nitrogen and oxygen atoms in total. The first-order valence-corrected chi connectivity index (χ1v) is 6.42. The number of carbonyl (C=O) groups excluding carboxylic acids is 2. The molecule has 1 aliphatic heterocycles. The van der Waals surface area contributed by atoms with Crippen molar-refractivity contribution in [3.8, 4) is 0 Å². The van der Waals surface area contributed by atoms with Gasteiger partial charge in [-0.25, -0.2) is 9.78 Å². The van der Waals surface area contributed by atoms with Gasteiger partial charge < -0.3 is 15.1 Å². The molecule has 2 rings (SSSR count). The standard InChI is InChI=1S/C11H12Cl2N4O2/c12-9-5-8(6-10(13)15-9)14-11(19)17-3-1-16(7-18)2-4-17/h5-7H,1-4H2,(H,14,15,19). The van der Waals surface area contributed by atoms with Crippen molar-refractivity contribution in [2.24, 2.45) is 0 Å². The average Bonchev–Trinajstić information content (AvgIpc) is 2.37. The van der Waals surface area contributed by atoms with Gasteiger partial charge in [-0.05, 0) is 12.1 Å². The zero-order valence-electron chi connectivity index (χ0n) is 9.97. The molecular weight excluding hydrogens is 291 g/mol. The van der Waals surface area contributed by atoms with Crippen LogP contribution >= 0.6 is 23.2 Å². The van der Waals surface area contributed by atoms with Crippen LogP contribution in [0.5, 0.6) is 0 Å². The zero-order chi connectivity index (χ0) is 13.8. The molecular formula is C11H12Cl2N4O2. The van der Waals surface area contributed by atoms with Crippen LogP contribution < -0.4 is 5.32 Å². The van der Waals surface area contributed by atoms with Crippen molar-refractivity contribution in [2.75, 3.05) is 31.5 Å². The summed E-state index contributed by atoms with van der Waals surface area (Å²) in [6.45, 7) is 2.07. The minimum absolute atomic E-state index is 0.216. The van der Waals surface area contributed by atoms with E-state index in [0.29, 0.717) is 31.9 Å². The SMILES string of the molecule is O=CN1CCN(C(=O)Nc2cc(Cl)nc(Cl)c2)CC1. The molecule has 102 valence electrons. The van der Waals surface area contributed by atoms with Crippen LogP contribution in [0.25, 0.3) is 0 Å². The summed E-state index contributed by atoms with van der Waals surface area (Å²) in [5, 5.41) is 3.13. The van der Waals surface area contributed by atoms with E-state index in [1.54, 1.807) is 9.80 Å². The Morgan fingerprint density at radius 3 is 2.32 bits per heavy atom. The summed E-state index contributed by atoms with van der Waals surface area (Å²) in [5.74, 6) is 0. The van der Waals surface area contributed by atoms with Crippen LogP contribution in [0.4, 0.5) is 10.5 Å². The highest BCUT2D eigenvalue weighted by atomic mass is 35.5. The Bertz CT molecular complexity index is 469. The van der Waals surface area contributed by atoms with Gasteiger partial charge in [0.2, 0.25) is 6.41 Å². The molecule has 8 heteroatoms. The van der Waals surface area contributed by atoms with Crippen LogP contribution in [0.15, 0.2) is 12.1 Å². The highest BCUT2D eigenvalue weighted by Crippen LogP contribution is 2.19. The van der Waals surface area contributed by atoms with Crippen molar-refractivity contribution in [3.05, 3.63) is 22.4 Å². The molecule has 3 amide bonds. The van der Waals surface area contributed by atoms with Gasteiger partial charge in [0.1, 0.15) is 10.3 Å². The smallest absolute Gasteiger partial charge is 0.321 e. The first kappa shape index (κ1) is 13.9. The van der Waals surface area contributed by atoms with Crippen molar-refractivity contribution in [2.45, 2.75) is 0 Å². The fourth-order valence-corrected chi connectivity index (χ4v) is 2.23. The summed E-state index contributed by atoms with van der Waals surface area (Å²) in [6, 6.07) is 2.80. The van der Waals surface area contributed by atoms with Crippen LogP contribution in [-0.4, -0.2) is 53.4 Å². The number of carbonyl (C=O) groups is 2. The van der Waals surface area contributed by atoms with Crippen LogP contribution in [0, 0.1) is 0 Å². The summed E-state index contributed by atoms with van der Waals surface area (Å²) in [5.41, 5.74) is 0.493. The number of amides is 3. The topological polar surface area (TPSA) is 65.5 Å². The van der Waals surface area contributed by atoms with Gasteiger partial charge in [-0.2, -0.15) is 0 Å². The lowest BCUT2D eigenvalue weighted by Crippen LogP contribution is -2.49. The van der Waals surface area contributed by atoms with Crippen LogP contribution in [0.1, 0.15) is 0 Å². The number of anilines is 1. The number of urea groups is 1. The van der Waals surface area contributed by atoms with Gasteiger partial charge in [-0.15, -0.1) is 0 Å². The third kappa shape index (κ3) is 3.71. The van der Waals surface area contributed by atoms with Crippen LogP contribution in [0.3, 0.4) is 0 Å². The minimum Gasteiger partial charge on any atom is -0.342 e. The molecule has 0 saturated carbocycles. The molecule has 1 saturated heterocycles. The Labute approximate surface area is 120 Å². The Morgan fingerprint density at radius 2 is 1.79 bits per heavy atom. The molecule has 1 aromatic heterocycles. The number of aromatic nitrogens is 1. The molecule has 0 atom stereocenters. The summed E-state index contributed by atoms with van der Waals surface area (Å²) in [6.07, 6.45) is 0.789. The van der Waals surface area contributed by atoms with Crippen molar-refractivity contribution >= 4 is 41.3 Å². The van der Waals surface area contributed by atoms with Gasteiger partial charge in [0, 0.05) is 31.9 Å². The second kappa shape index (κ2) is 6.08. The lowest BCUT2D eigenvalue weighted by atomic mass is 10.3. The zero-order valence-corrected chi connectivity index (χ0v) is 11.5. The normalized spacial score (nSPS) is 15.3. The molecule has 0 radical (unpaired) electrons. The molecule has 0 aliphatic carbocycles. The van der Waals surface area contributed by atoms with E-state index in [4.69, 9.17) is 23.2 Å². The lowest BCUT2D eigenvalue weighted by molar-refractivity contribution is -0.119. The molecule has 2 heterocycles. The molecule has 1 aromatic rings. The fourth-order valence-electron chi connectivity index (χ4n) is 1.77. The Balaban J connectivity index is 1.96. The van der Waals surface area contributed by atoms with Crippen LogP contribution in [-0.2, 0) is 4.79 Å². The largest absolute Gasteiger partial charge is 0.342 e. The van der Waals surface area contributed by atoms with E-state index in [2.05, 4.69) is 10.3 Å². The Hall–Kier alpha value is -1.53. The van der Waals surface area contributed by atoms with Gasteiger partial charge in [-0.1, -0.05) is 23.2 Å². The monoisotopic (exact) mass is 302 g/mol. The lowest BCUT2D eigenvalue weighted by Gasteiger charge is -2.32. The van der Waals surface area contributed by atoms with E-state index < -0.39 is 0 Å². The summed E-state index contributed by atoms with van der Waals surface area (Å²) < 4.78 is 0. The predicted octanol–water partition coefficient (Wildman–Crippen LogP) is 1.69. The van der Waals surface area contributed by atoms with Crippen molar-refractivity contribution in [1.29, 1.82) is 0 Å². The number of halogens is 2. The van der Waals surface area contributed by atoms with Crippen molar-refractivity contribution in [1.82, 2.24) is 14.8 Å². The van der Waals surface area contributed by atoms with Gasteiger partial charge >= 0.3 is 6.03 Å². The van der Waals surface area contributed by atoms with Crippen molar-refractivity contribution < 1.29 is 9.59 Å². The number of rotatable bonds is 2. The van der Waals surface area contributed by atoms with E-state index in [9.17, 15) is 9.59 Å². The molecule has 19 heavy (non-hydrogen) atoms. The summed E-state index contributed by atoms with van der Waals surface area (Å²) in [7, 11) is 0. The Kier molecular flexibility index (Phi) is 4.44. The summed E-state index contributed by atoms with van der Waals surface area (Å²) in [4.78, 5) is 29.6. The second-order valence-corrected chi connectivity index (χ2v) is 4.83. The van der Waals surface area contributed by atoms with E-state index in [0.717, 1.165) is 6.41 Å². The van der Waals surface area contributed by atoms with E-state index in [-0.39, 0.29) is 16.3 Å². The number of hydrogen-bond donors (Lipinski definition) is 1. The molecule has 1 N–H and O–H groups in total. The van der Waals surface area contributed by atoms with E-state index in [1.807, 2.05) is 0 Å². The maximum Gasteiger partial charge on any atom is 0.321 e. The minimum atomic E-state index is -0.246. The molecule has 0 aromatic carbocycles. The number of nitrogens with zero attached hydrogens (tertiary/aromatic N) is 3. The molecule has 1 fully saturated rings. The highest BCUT2D eigenvalue weighted by molar-refractivity contribution is 6.32. The number of piperazine rings is 1. The quantitative estimate of drug-likeness (QED) is 0.668. The first-order chi connectivity index (χ1) is 9.08. The molecule has 1 aliphatic rings. The second-order valence-electron chi connectivity index (χ2n) is 4.06. The first-order valence-electron chi connectivity index (χ1n) is 5.67. The number of nitrogens with one attached hydrogen (secondary N) is 1. The molecule has 0 unspecified atom stereocenters. The number of hydrogen-bond acceptors (Lipinski definition) is 3. The highest BCUT2D eigenvalue weighted by Gasteiger charge is 2.20. The van der Waals surface area contributed by atoms with Gasteiger partial charge in [0.15, 0.2) is 0 Å². The predicted molar refractivity (Wildman–Crippen MR) is 72.5 cm³/mol. The summed E-state index contributed by atoms with van der Waals surface area (Å²) >= 11 is 11.5. The maximum atomic E-state index is 12.0. The molecule has 0 bridgehead atoms. The number of pyridine rings is 1. The Morgan fingerprint density at radius 1 is 1.21 bits per heavy atom. The third-order valence-electron chi connectivity index (χ3n) is 2.76. The van der Waals surface area contributed by atoms with Gasteiger partial charge in [-0.3, -0.25) is 4.79 Å². The van der Waals surface area contributed by atoms with E-state index >= 15 is 0 Å².